The minimum absolute atomic E-state index is 0.360. The number of para-hydroxylation sites is 3. The summed E-state index contributed by atoms with van der Waals surface area (Å²) in [6.07, 6.45) is 7.48. The zero-order chi connectivity index (χ0) is 20.3. The predicted molar refractivity (Wildman–Crippen MR) is 127 cm³/mol. The summed E-state index contributed by atoms with van der Waals surface area (Å²) in [5.41, 5.74) is 6.91. The van der Waals surface area contributed by atoms with Crippen LogP contribution in [0.25, 0.3) is 16.7 Å². The third-order valence-electron chi connectivity index (χ3n) is 4.95. The summed E-state index contributed by atoms with van der Waals surface area (Å²) in [5.74, 6) is 0. The average molecular weight is 458 g/mol. The molecule has 1 aliphatic rings. The molecule has 0 spiro atoms. The number of allylic oxidation sites excluding steroid dienone is 3. The first-order valence-electron chi connectivity index (χ1n) is 9.83. The molecule has 0 saturated carbocycles. The summed E-state index contributed by atoms with van der Waals surface area (Å²) in [7, 11) is 0. The van der Waals surface area contributed by atoms with Crippen LogP contribution >= 0.6 is 15.9 Å². The second-order valence-electron chi connectivity index (χ2n) is 7.11. The number of halogens is 1. The van der Waals surface area contributed by atoms with Crippen molar-refractivity contribution in [3.05, 3.63) is 96.7 Å². The Morgan fingerprint density at radius 3 is 2.57 bits per heavy atom. The molecule has 1 aliphatic carbocycles. The van der Waals surface area contributed by atoms with E-state index in [0.29, 0.717) is 4.83 Å². The lowest BCUT2D eigenvalue weighted by Crippen LogP contribution is -2.06. The predicted octanol–water partition coefficient (Wildman–Crippen LogP) is 6.18. The van der Waals surface area contributed by atoms with Crippen molar-refractivity contribution in [1.29, 1.82) is 0 Å². The van der Waals surface area contributed by atoms with Crippen molar-refractivity contribution in [2.75, 3.05) is 10.6 Å². The largest absolute Gasteiger partial charge is 0.354 e. The van der Waals surface area contributed by atoms with Crippen LogP contribution in [-0.2, 0) is 0 Å². The Labute approximate surface area is 183 Å². The van der Waals surface area contributed by atoms with E-state index in [2.05, 4.69) is 73.3 Å². The van der Waals surface area contributed by atoms with E-state index in [-0.39, 0.29) is 0 Å². The molecule has 1 heterocycles. The van der Waals surface area contributed by atoms with E-state index < -0.39 is 0 Å². The van der Waals surface area contributed by atoms with Crippen LogP contribution in [0.15, 0.2) is 96.7 Å². The van der Waals surface area contributed by atoms with Crippen LogP contribution in [0, 0.1) is 0 Å². The van der Waals surface area contributed by atoms with Gasteiger partial charge in [0.05, 0.1) is 22.6 Å². The summed E-state index contributed by atoms with van der Waals surface area (Å²) in [4.78, 5) is 0.360. The second kappa shape index (κ2) is 8.16. The Morgan fingerprint density at radius 2 is 1.70 bits per heavy atom. The SMILES string of the molecule is BrC1C=C(Nc2ccccc2Nc2cccc(-n3nnc4ccccc43)c2)C=CC1. The van der Waals surface area contributed by atoms with Gasteiger partial charge >= 0.3 is 0 Å². The van der Waals surface area contributed by atoms with Crippen LogP contribution < -0.4 is 10.6 Å². The molecule has 0 aliphatic heterocycles. The summed E-state index contributed by atoms with van der Waals surface area (Å²) in [5, 5.41) is 15.6. The first-order valence-corrected chi connectivity index (χ1v) is 10.7. The first kappa shape index (κ1) is 18.6. The van der Waals surface area contributed by atoms with Crippen LogP contribution in [0.4, 0.5) is 17.1 Å². The Hall–Kier alpha value is -3.38. The monoisotopic (exact) mass is 457 g/mol. The van der Waals surface area contributed by atoms with Gasteiger partial charge in [0.15, 0.2) is 0 Å². The Kier molecular flexibility index (Phi) is 5.07. The highest BCUT2D eigenvalue weighted by molar-refractivity contribution is 9.09. The van der Waals surface area contributed by atoms with Crippen molar-refractivity contribution in [3.63, 3.8) is 0 Å². The molecular weight excluding hydrogens is 438 g/mol. The minimum Gasteiger partial charge on any atom is -0.354 e. The van der Waals surface area contributed by atoms with Gasteiger partial charge in [0.1, 0.15) is 5.52 Å². The summed E-state index contributed by atoms with van der Waals surface area (Å²) >= 11 is 3.66. The van der Waals surface area contributed by atoms with Crippen LogP contribution in [0.3, 0.4) is 0 Å². The molecule has 0 radical (unpaired) electrons. The quantitative estimate of drug-likeness (QED) is 0.351. The van der Waals surface area contributed by atoms with Crippen molar-refractivity contribution >= 4 is 44.0 Å². The number of nitrogens with zero attached hydrogens (tertiary/aromatic N) is 3. The standard InChI is InChI=1S/C24H20BrN5/c25-17-7-5-8-18(15-17)26-21-11-1-2-12-22(21)27-19-9-6-10-20(16-19)30-24-14-4-3-13-23(24)28-29-30/h1-6,8-17,26-27H,7H2. The normalized spacial score (nSPS) is 15.8. The maximum atomic E-state index is 4.32. The number of aromatic nitrogens is 3. The Bertz CT molecular complexity index is 1260. The Morgan fingerprint density at radius 1 is 0.900 bits per heavy atom. The molecule has 6 heteroatoms. The highest BCUT2D eigenvalue weighted by Gasteiger charge is 2.10. The van der Waals surface area contributed by atoms with E-state index in [0.717, 1.165) is 45.9 Å². The van der Waals surface area contributed by atoms with Gasteiger partial charge in [0.25, 0.3) is 0 Å². The minimum atomic E-state index is 0.360. The average Bonchev–Trinajstić information content (AvgIpc) is 3.20. The molecule has 0 fully saturated rings. The van der Waals surface area contributed by atoms with Crippen molar-refractivity contribution in [3.8, 4) is 5.69 Å². The molecule has 1 aromatic heterocycles. The Balaban J connectivity index is 1.43. The number of anilines is 3. The van der Waals surface area contributed by atoms with Gasteiger partial charge < -0.3 is 10.6 Å². The molecule has 1 atom stereocenters. The smallest absolute Gasteiger partial charge is 0.113 e. The molecule has 148 valence electrons. The van der Waals surface area contributed by atoms with Crippen molar-refractivity contribution < 1.29 is 0 Å². The third kappa shape index (κ3) is 3.86. The van der Waals surface area contributed by atoms with Gasteiger partial charge in [0.2, 0.25) is 0 Å². The fourth-order valence-corrected chi connectivity index (χ4v) is 4.01. The molecule has 1 unspecified atom stereocenters. The molecule has 5 rings (SSSR count). The summed E-state index contributed by atoms with van der Waals surface area (Å²) in [6, 6.07) is 24.3. The zero-order valence-electron chi connectivity index (χ0n) is 16.2. The van der Waals surface area contributed by atoms with E-state index in [1.165, 1.54) is 0 Å². The molecule has 0 amide bonds. The second-order valence-corrected chi connectivity index (χ2v) is 8.29. The number of hydrogen-bond donors (Lipinski definition) is 2. The number of rotatable bonds is 5. The first-order chi connectivity index (χ1) is 14.8. The van der Waals surface area contributed by atoms with Crippen LogP contribution in [0.2, 0.25) is 0 Å². The van der Waals surface area contributed by atoms with Gasteiger partial charge in [-0.3, -0.25) is 0 Å². The zero-order valence-corrected chi connectivity index (χ0v) is 17.8. The number of hydrogen-bond acceptors (Lipinski definition) is 4. The van der Waals surface area contributed by atoms with Crippen molar-refractivity contribution in [1.82, 2.24) is 15.0 Å². The van der Waals surface area contributed by atoms with Crippen LogP contribution in [0.5, 0.6) is 0 Å². The van der Waals surface area contributed by atoms with E-state index in [1.807, 2.05) is 59.3 Å². The molecule has 30 heavy (non-hydrogen) atoms. The fraction of sp³-hybridized carbons (Fsp3) is 0.0833. The van der Waals surface area contributed by atoms with Gasteiger partial charge in [-0.25, -0.2) is 4.68 Å². The van der Waals surface area contributed by atoms with Gasteiger partial charge in [-0.2, -0.15) is 0 Å². The molecule has 0 saturated heterocycles. The topological polar surface area (TPSA) is 54.8 Å². The van der Waals surface area contributed by atoms with Crippen LogP contribution in [-0.4, -0.2) is 19.8 Å². The van der Waals surface area contributed by atoms with Gasteiger partial charge in [-0.05, 0) is 61.0 Å². The fourth-order valence-electron chi connectivity index (χ4n) is 3.51. The van der Waals surface area contributed by atoms with Gasteiger partial charge in [-0.1, -0.05) is 57.6 Å². The maximum Gasteiger partial charge on any atom is 0.113 e. The number of alkyl halides is 1. The van der Waals surface area contributed by atoms with Crippen molar-refractivity contribution in [2.24, 2.45) is 0 Å². The molecule has 4 aromatic rings. The molecular formula is C24H20BrN5. The van der Waals surface area contributed by atoms with E-state index >= 15 is 0 Å². The lowest BCUT2D eigenvalue weighted by Gasteiger charge is -2.17. The lowest BCUT2D eigenvalue weighted by atomic mass is 10.1. The number of fused-ring (bicyclic) bond motifs is 1. The molecule has 3 aromatic carbocycles. The van der Waals surface area contributed by atoms with Crippen molar-refractivity contribution in [2.45, 2.75) is 11.2 Å². The summed E-state index contributed by atoms with van der Waals surface area (Å²) in [6.45, 7) is 0. The highest BCUT2D eigenvalue weighted by Crippen LogP contribution is 2.29. The van der Waals surface area contributed by atoms with E-state index in [4.69, 9.17) is 0 Å². The molecule has 0 bridgehead atoms. The van der Waals surface area contributed by atoms with Crippen LogP contribution in [0.1, 0.15) is 6.42 Å². The maximum absolute atomic E-state index is 4.32. The number of benzene rings is 3. The van der Waals surface area contributed by atoms with E-state index in [1.54, 1.807) is 0 Å². The third-order valence-corrected chi connectivity index (χ3v) is 5.58. The summed E-state index contributed by atoms with van der Waals surface area (Å²) < 4.78 is 1.86. The molecule has 2 N–H and O–H groups in total. The van der Waals surface area contributed by atoms with Gasteiger partial charge in [0, 0.05) is 16.2 Å². The lowest BCUT2D eigenvalue weighted by molar-refractivity contribution is 0.824. The molecule has 5 nitrogen and oxygen atoms in total. The highest BCUT2D eigenvalue weighted by atomic mass is 79.9. The van der Waals surface area contributed by atoms with Gasteiger partial charge in [-0.15, -0.1) is 5.10 Å². The number of nitrogens with one attached hydrogen (secondary N) is 2. The van der Waals surface area contributed by atoms with E-state index in [9.17, 15) is 0 Å².